The molecule has 0 radical (unpaired) electrons. The zero-order valence-electron chi connectivity index (χ0n) is 9.71. The van der Waals surface area contributed by atoms with E-state index in [9.17, 15) is 9.59 Å². The summed E-state index contributed by atoms with van der Waals surface area (Å²) in [5.74, 6) is -1.32. The molecular weight excluding hydrogens is 504 g/mol. The van der Waals surface area contributed by atoms with Gasteiger partial charge in [-0.25, -0.2) is 9.59 Å². The van der Waals surface area contributed by atoms with E-state index in [4.69, 9.17) is 9.47 Å². The van der Waals surface area contributed by atoms with Crippen LogP contribution in [-0.2, 0) is 19.1 Å². The van der Waals surface area contributed by atoms with Crippen LogP contribution >= 0.6 is 63.7 Å². The Kier molecular flexibility index (Phi) is 8.28. The number of halogens is 4. The smallest absolute Gasteiger partial charge is 0.333 e. The van der Waals surface area contributed by atoms with Crippen LogP contribution in [0, 0.1) is 0 Å². The van der Waals surface area contributed by atoms with Gasteiger partial charge in [-0.3, -0.25) is 0 Å². The van der Waals surface area contributed by atoms with Crippen molar-refractivity contribution in [3.8, 4) is 0 Å². The number of rotatable bonds is 6. The first-order valence-electron chi connectivity index (χ1n) is 5.01. The van der Waals surface area contributed by atoms with Gasteiger partial charge in [-0.15, -0.1) is 0 Å². The van der Waals surface area contributed by atoms with Crippen LogP contribution in [0.3, 0.4) is 0 Å². The van der Waals surface area contributed by atoms with E-state index in [-0.39, 0.29) is 0 Å². The Hall–Kier alpha value is 0.600. The Morgan fingerprint density at radius 3 is 1.39 bits per heavy atom. The number of alkyl halides is 4. The summed E-state index contributed by atoms with van der Waals surface area (Å²) in [5.41, 5.74) is 0. The molecule has 0 amide bonds. The number of hydrogen-bond donors (Lipinski definition) is 0. The zero-order chi connectivity index (χ0) is 14.4. The van der Waals surface area contributed by atoms with Crippen molar-refractivity contribution in [2.24, 2.45) is 0 Å². The van der Waals surface area contributed by atoms with Crippen molar-refractivity contribution in [1.82, 2.24) is 0 Å². The molecule has 4 nitrogen and oxygen atoms in total. The van der Waals surface area contributed by atoms with E-state index >= 15 is 0 Å². The number of hydrogen-bond acceptors (Lipinski definition) is 4. The average molecular weight is 516 g/mol. The van der Waals surface area contributed by atoms with Crippen LogP contribution in [-0.4, -0.2) is 18.8 Å². The SMILES string of the molecule is CCC(Br)(Br)OC(=O)/C=C/C(=O)OC(Br)(Br)CC. The predicted molar refractivity (Wildman–Crippen MR) is 83.1 cm³/mol. The number of carbonyl (C=O) groups is 2. The molecule has 0 saturated carbocycles. The normalized spacial score (nSPS) is 12.6. The topological polar surface area (TPSA) is 52.6 Å². The monoisotopic (exact) mass is 512 g/mol. The predicted octanol–water partition coefficient (Wildman–Crippen LogP) is 4.34. The van der Waals surface area contributed by atoms with Crippen molar-refractivity contribution in [2.45, 2.75) is 33.5 Å². The third-order valence-corrected chi connectivity index (χ3v) is 4.57. The fourth-order valence-corrected chi connectivity index (χ4v) is 1.28. The van der Waals surface area contributed by atoms with Crippen LogP contribution in [0.5, 0.6) is 0 Å². The van der Waals surface area contributed by atoms with Crippen LogP contribution in [0.25, 0.3) is 0 Å². The molecule has 0 saturated heterocycles. The maximum absolute atomic E-state index is 11.4. The van der Waals surface area contributed by atoms with Gasteiger partial charge in [-0.1, -0.05) is 13.8 Å². The van der Waals surface area contributed by atoms with Crippen molar-refractivity contribution >= 4 is 75.7 Å². The average Bonchev–Trinajstić information content (AvgIpc) is 2.25. The number of carbonyl (C=O) groups excluding carboxylic acids is 2. The molecule has 0 heterocycles. The summed E-state index contributed by atoms with van der Waals surface area (Å²) in [6, 6.07) is 0. The second-order valence-electron chi connectivity index (χ2n) is 3.16. The zero-order valence-corrected chi connectivity index (χ0v) is 16.1. The van der Waals surface area contributed by atoms with Crippen LogP contribution < -0.4 is 0 Å². The van der Waals surface area contributed by atoms with E-state index in [1.165, 1.54) is 0 Å². The molecule has 0 fully saturated rings. The number of esters is 2. The van der Waals surface area contributed by atoms with Gasteiger partial charge in [0.05, 0.1) is 0 Å². The molecular formula is C10H12Br4O4. The van der Waals surface area contributed by atoms with Crippen molar-refractivity contribution < 1.29 is 19.1 Å². The summed E-state index contributed by atoms with van der Waals surface area (Å²) in [6.45, 7) is 3.64. The third-order valence-electron chi connectivity index (χ3n) is 1.68. The summed E-state index contributed by atoms with van der Waals surface area (Å²) in [6.07, 6.45) is 3.06. The molecule has 0 aliphatic heterocycles. The first kappa shape index (κ1) is 18.6. The van der Waals surface area contributed by atoms with Gasteiger partial charge in [0, 0.05) is 25.0 Å². The molecule has 0 aromatic carbocycles. The van der Waals surface area contributed by atoms with Crippen molar-refractivity contribution in [1.29, 1.82) is 0 Å². The molecule has 0 spiro atoms. The van der Waals surface area contributed by atoms with Crippen LogP contribution in [0.4, 0.5) is 0 Å². The largest absolute Gasteiger partial charge is 0.434 e. The molecule has 18 heavy (non-hydrogen) atoms. The maximum atomic E-state index is 11.4. The highest BCUT2D eigenvalue weighted by Gasteiger charge is 2.25. The second-order valence-corrected chi connectivity index (χ2v) is 10.4. The van der Waals surface area contributed by atoms with Gasteiger partial charge in [-0.2, -0.15) is 0 Å². The molecule has 0 bridgehead atoms. The van der Waals surface area contributed by atoms with Crippen LogP contribution in [0.1, 0.15) is 26.7 Å². The van der Waals surface area contributed by atoms with Gasteiger partial charge >= 0.3 is 11.9 Å². The summed E-state index contributed by atoms with van der Waals surface area (Å²) in [4.78, 5) is 22.7. The Morgan fingerprint density at radius 2 is 1.17 bits per heavy atom. The summed E-state index contributed by atoms with van der Waals surface area (Å²) >= 11 is 12.6. The van der Waals surface area contributed by atoms with E-state index in [2.05, 4.69) is 63.7 Å². The number of ether oxygens (including phenoxy) is 2. The van der Waals surface area contributed by atoms with Crippen LogP contribution in [0.15, 0.2) is 12.2 Å². The fourth-order valence-electron chi connectivity index (χ4n) is 0.643. The molecule has 0 aromatic rings. The minimum atomic E-state index is -0.913. The lowest BCUT2D eigenvalue weighted by Gasteiger charge is -2.18. The summed E-state index contributed by atoms with van der Waals surface area (Å²) < 4.78 is 8.11. The summed E-state index contributed by atoms with van der Waals surface area (Å²) in [5, 5.41) is 0. The Bertz CT molecular complexity index is 307. The molecule has 0 N–H and O–H groups in total. The van der Waals surface area contributed by atoms with E-state index < -0.39 is 18.8 Å². The third kappa shape index (κ3) is 8.66. The fraction of sp³-hybridized carbons (Fsp3) is 0.600. The molecule has 0 rings (SSSR count). The maximum Gasteiger partial charge on any atom is 0.333 e. The highest BCUT2D eigenvalue weighted by molar-refractivity contribution is 9.25. The van der Waals surface area contributed by atoms with E-state index in [0.717, 1.165) is 12.2 Å². The van der Waals surface area contributed by atoms with Gasteiger partial charge < -0.3 is 9.47 Å². The molecule has 104 valence electrons. The highest BCUT2D eigenvalue weighted by Crippen LogP contribution is 2.32. The van der Waals surface area contributed by atoms with Crippen molar-refractivity contribution in [2.75, 3.05) is 0 Å². The minimum Gasteiger partial charge on any atom is -0.434 e. The standard InChI is InChI=1S/C10H12Br4O4/c1-3-9(11,12)17-7(15)5-6-8(16)18-10(13,14)4-2/h5-6H,3-4H2,1-2H3/b6-5+. The first-order chi connectivity index (χ1) is 8.12. The van der Waals surface area contributed by atoms with Gasteiger partial charge in [0.1, 0.15) is 0 Å². The molecule has 0 aromatic heterocycles. The van der Waals surface area contributed by atoms with Crippen molar-refractivity contribution in [3.05, 3.63) is 12.2 Å². The second kappa shape index (κ2) is 8.01. The quantitative estimate of drug-likeness (QED) is 0.300. The molecule has 0 aliphatic rings. The molecule has 8 heteroatoms. The Labute approximate surface area is 139 Å². The van der Waals surface area contributed by atoms with Gasteiger partial charge in [0.2, 0.25) is 6.84 Å². The first-order valence-corrected chi connectivity index (χ1v) is 8.18. The van der Waals surface area contributed by atoms with Crippen LogP contribution in [0.2, 0.25) is 0 Å². The lowest BCUT2D eigenvalue weighted by atomic mass is 10.5. The summed E-state index contributed by atoms with van der Waals surface area (Å²) in [7, 11) is 0. The highest BCUT2D eigenvalue weighted by atomic mass is 79.9. The van der Waals surface area contributed by atoms with Gasteiger partial charge in [0.15, 0.2) is 0 Å². The Morgan fingerprint density at radius 1 is 0.889 bits per heavy atom. The minimum absolute atomic E-state index is 0.527. The van der Waals surface area contributed by atoms with E-state index in [0.29, 0.717) is 12.8 Å². The van der Waals surface area contributed by atoms with Gasteiger partial charge in [-0.05, 0) is 63.7 Å². The van der Waals surface area contributed by atoms with E-state index in [1.54, 1.807) is 0 Å². The van der Waals surface area contributed by atoms with E-state index in [1.807, 2.05) is 13.8 Å². The molecule has 0 atom stereocenters. The van der Waals surface area contributed by atoms with Gasteiger partial charge in [0.25, 0.3) is 0 Å². The molecule has 0 unspecified atom stereocenters. The van der Waals surface area contributed by atoms with Crippen molar-refractivity contribution in [3.63, 3.8) is 0 Å². The lowest BCUT2D eigenvalue weighted by Crippen LogP contribution is -2.20. The molecule has 0 aliphatic carbocycles. The Balaban J connectivity index is 4.32. The lowest BCUT2D eigenvalue weighted by molar-refractivity contribution is -0.143.